The summed E-state index contributed by atoms with van der Waals surface area (Å²) in [6.07, 6.45) is 18.6. The summed E-state index contributed by atoms with van der Waals surface area (Å²) in [4.78, 5) is 50.6. The summed E-state index contributed by atoms with van der Waals surface area (Å²) in [6, 6.07) is 3.26. The molecule has 9 aromatic heterocycles. The van der Waals surface area contributed by atoms with Crippen LogP contribution in [0.25, 0.3) is 56.4 Å². The van der Waals surface area contributed by atoms with Gasteiger partial charge in [-0.1, -0.05) is 11.6 Å². The lowest BCUT2D eigenvalue weighted by molar-refractivity contribution is 0.00578. The fourth-order valence-corrected chi connectivity index (χ4v) is 9.08. The third-order valence-corrected chi connectivity index (χ3v) is 14.7. The first-order chi connectivity index (χ1) is 41.5. The fourth-order valence-electron chi connectivity index (χ4n) is 8.30. The van der Waals surface area contributed by atoms with Crippen molar-refractivity contribution < 1.29 is 18.8 Å². The Morgan fingerprint density at radius 1 is 0.557 bits per heavy atom. The van der Waals surface area contributed by atoms with Crippen LogP contribution in [-0.4, -0.2) is 137 Å². The molecule has 0 bridgehead atoms. The Labute approximate surface area is 533 Å². The smallest absolute Gasteiger partial charge is 0.498 e. The highest BCUT2D eigenvalue weighted by Crippen LogP contribution is 2.39. The van der Waals surface area contributed by atoms with E-state index < -0.39 is 0 Å². The van der Waals surface area contributed by atoms with Crippen LogP contribution in [0.1, 0.15) is 50.5 Å². The summed E-state index contributed by atoms with van der Waals surface area (Å²) in [5.41, 5.74) is 32.2. The van der Waals surface area contributed by atoms with Crippen LogP contribution in [0.3, 0.4) is 0 Å². The number of aromatic nitrogens is 18. The van der Waals surface area contributed by atoms with Crippen LogP contribution in [0.4, 0.5) is 23.3 Å². The molecule has 1 aliphatic heterocycles. The van der Waals surface area contributed by atoms with Gasteiger partial charge >= 0.3 is 7.12 Å². The number of nitrogens with two attached hydrogens (primary N) is 4. The van der Waals surface area contributed by atoms with E-state index in [0.717, 1.165) is 56.3 Å². The van der Waals surface area contributed by atoms with Crippen LogP contribution in [-0.2, 0) is 44.5 Å². The van der Waals surface area contributed by atoms with E-state index in [-0.39, 0.29) is 40.4 Å². The van der Waals surface area contributed by atoms with Gasteiger partial charge in [0.25, 0.3) is 5.56 Å². The minimum absolute atomic E-state index is 0.0985. The van der Waals surface area contributed by atoms with Gasteiger partial charge in [0.2, 0.25) is 0 Å². The molecule has 1 saturated heterocycles. The molecular formula is C55H66B3Br2ClN22O5-. The Morgan fingerprint density at radius 2 is 1.02 bits per heavy atom. The van der Waals surface area contributed by atoms with Gasteiger partial charge < -0.3 is 61.8 Å². The summed E-state index contributed by atoms with van der Waals surface area (Å²) in [6.45, 7) is 15.9. The van der Waals surface area contributed by atoms with Gasteiger partial charge in [0.05, 0.1) is 107 Å². The van der Waals surface area contributed by atoms with E-state index >= 15 is 0 Å². The summed E-state index contributed by atoms with van der Waals surface area (Å²) >= 11 is 12.9. The van der Waals surface area contributed by atoms with Crippen molar-refractivity contribution in [2.75, 3.05) is 37.2 Å². The lowest BCUT2D eigenvalue weighted by atomic mass is 9.79. The zero-order chi connectivity index (χ0) is 65.1. The van der Waals surface area contributed by atoms with Crippen molar-refractivity contribution in [3.05, 3.63) is 128 Å². The lowest BCUT2D eigenvalue weighted by Gasteiger charge is -2.32. The molecule has 0 spiro atoms. The molecule has 0 amide bonds. The van der Waals surface area contributed by atoms with Crippen molar-refractivity contribution in [2.45, 2.75) is 66.6 Å². The highest BCUT2D eigenvalue weighted by Gasteiger charge is 2.52. The first-order valence-corrected chi connectivity index (χ1v) is 28.4. The molecule has 457 valence electrons. The van der Waals surface area contributed by atoms with E-state index in [0.29, 0.717) is 60.8 Å². The molecule has 10 heterocycles. The fraction of sp³-hybridized carbons (Fsp3) is 0.309. The van der Waals surface area contributed by atoms with E-state index in [9.17, 15) is 4.79 Å². The second-order valence-electron chi connectivity index (χ2n) is 20.4. The monoisotopic (exact) mass is 1340 g/mol. The maximum atomic E-state index is 13.0. The van der Waals surface area contributed by atoms with E-state index in [2.05, 4.69) is 140 Å². The third kappa shape index (κ3) is 16.7. The maximum absolute atomic E-state index is 13.0. The van der Waals surface area contributed by atoms with Gasteiger partial charge in [0.1, 0.15) is 49.4 Å². The zero-order valence-corrected chi connectivity index (χ0v) is 55.2. The number of halogens is 3. The van der Waals surface area contributed by atoms with Crippen LogP contribution < -0.4 is 43.4 Å². The Balaban J connectivity index is 0.000000189. The average Bonchev–Trinajstić information content (AvgIpc) is 1.83. The Kier molecular flexibility index (Phi) is 22.9. The molecule has 11 rings (SSSR count). The lowest BCUT2D eigenvalue weighted by Crippen LogP contribution is -2.41. The standard InChI is InChI=1S/C22H22ClN7O3.C11H19BN2O2.C9H10BrN5.C9H11N5.C4H4BrN3.B2/c1-11-14(9-30(3)28-11)15-8-25-21(24)20(26-15)16-10-29(2)22(31)19(27-16)13-6-12(32-4)7-17(33-5)18(13)23;1-8-9(7-14(6)13-8)12-15-10(2,3)11(4,5)16-12;1-5-6(4-15(2)14-5)7-3-12-9(11)8(10)13-7;1-6-7(5-14(2)13-6)8-3-12-9(10)4-11-8;5-3-1-8-4(6)2-7-3;1-2/h6-10H,1-5H3,(H2,24,25);7H,1-6H3;3-4H,1-2H3,(H2,11,12);3-5H,1-2H3,(H2,10,12);1-2H,(H2,6,8);/q;;;;;-1. The minimum Gasteiger partial charge on any atom is -0.693 e. The van der Waals surface area contributed by atoms with Gasteiger partial charge in [-0.25, -0.2) is 39.9 Å². The van der Waals surface area contributed by atoms with Gasteiger partial charge in [0.15, 0.2) is 11.6 Å². The number of hydrogen-bond donors (Lipinski definition) is 4. The SMILES string of the molecule is COc1cc(OC)c(Cl)c(-c2nc(-c3nc(-c4cn(C)nc4C)cnc3N)cn(C)c2=O)c1.Cc1nn(C)cc1-c1cnc(N)c(Br)n1.Cc1nn(C)cc1-c1cnc(N)cn1.Cc1nn(C)cc1B1OC(C)(C)C(C)(C)O1.Nc1cnc(Br)cn1.[B][B-]. The van der Waals surface area contributed by atoms with E-state index in [1.807, 2.05) is 80.7 Å². The van der Waals surface area contributed by atoms with Crippen molar-refractivity contribution in [1.29, 1.82) is 0 Å². The van der Waals surface area contributed by atoms with Gasteiger partial charge in [-0.2, -0.15) is 20.4 Å². The first-order valence-electron chi connectivity index (χ1n) is 26.4. The third-order valence-electron chi connectivity index (χ3n) is 13.3. The van der Waals surface area contributed by atoms with Crippen molar-refractivity contribution in [2.24, 2.45) is 35.2 Å². The quantitative estimate of drug-likeness (QED) is 0.122. The van der Waals surface area contributed by atoms with Crippen molar-refractivity contribution in [3.63, 3.8) is 0 Å². The topological polar surface area (TPSA) is 350 Å². The van der Waals surface area contributed by atoms with Gasteiger partial charge in [-0.3, -0.25) is 28.5 Å². The molecule has 1 fully saturated rings. The van der Waals surface area contributed by atoms with Crippen molar-refractivity contribution >= 4 is 94.8 Å². The summed E-state index contributed by atoms with van der Waals surface area (Å²) in [7, 11) is 19.8. The Morgan fingerprint density at radius 3 is 1.45 bits per heavy atom. The largest absolute Gasteiger partial charge is 0.693 e. The molecule has 0 unspecified atom stereocenters. The molecule has 88 heavy (non-hydrogen) atoms. The van der Waals surface area contributed by atoms with Gasteiger partial charge in [-0.15, -0.1) is 0 Å². The van der Waals surface area contributed by atoms with Gasteiger partial charge in [-0.05, 0) is 93.3 Å². The Bertz CT molecular complexity index is 4050. The van der Waals surface area contributed by atoms with E-state index in [4.69, 9.17) is 53.3 Å². The Hall–Kier alpha value is -8.58. The number of rotatable bonds is 8. The highest BCUT2D eigenvalue weighted by molar-refractivity contribution is 9.10. The molecule has 0 saturated carbocycles. The normalized spacial score (nSPS) is 12.6. The number of nitrogen functional groups attached to an aromatic ring is 4. The van der Waals surface area contributed by atoms with Crippen LogP contribution in [0.15, 0.2) is 94.3 Å². The van der Waals surface area contributed by atoms with E-state index in [1.165, 1.54) is 25.0 Å². The molecular weight excluding hydrogens is 1280 g/mol. The molecule has 5 radical (unpaired) electrons. The molecule has 1 aliphatic rings. The predicted octanol–water partition coefficient (Wildman–Crippen LogP) is 6.25. The zero-order valence-electron chi connectivity index (χ0n) is 51.3. The minimum atomic E-state index is -0.359. The number of aryl methyl sites for hydroxylation is 9. The van der Waals surface area contributed by atoms with Crippen molar-refractivity contribution in [3.8, 4) is 67.9 Å². The second-order valence-corrected chi connectivity index (χ2v) is 22.4. The molecule has 27 nitrogen and oxygen atoms in total. The molecule has 1 aromatic carbocycles. The van der Waals surface area contributed by atoms with E-state index in [1.54, 1.807) is 75.1 Å². The highest BCUT2D eigenvalue weighted by atomic mass is 79.9. The number of anilines is 4. The molecule has 0 aliphatic carbocycles. The average molecular weight is 1340 g/mol. The molecule has 8 N–H and O–H groups in total. The summed E-state index contributed by atoms with van der Waals surface area (Å²) in [5.74, 6) is 2.25. The summed E-state index contributed by atoms with van der Waals surface area (Å²) in [5, 5.41) is 17.4. The van der Waals surface area contributed by atoms with Crippen molar-refractivity contribution in [1.82, 2.24) is 88.5 Å². The van der Waals surface area contributed by atoms with Crippen LogP contribution in [0, 0.1) is 27.7 Å². The number of hydrogen-bond acceptors (Lipinski definition) is 22. The number of benzene rings is 1. The molecule has 0 atom stereocenters. The van der Waals surface area contributed by atoms with Crippen LogP contribution in [0.2, 0.25) is 5.02 Å². The summed E-state index contributed by atoms with van der Waals surface area (Å²) < 4.78 is 32.2. The molecule has 33 heteroatoms. The second kappa shape index (κ2) is 29.4. The number of ether oxygens (including phenoxy) is 2. The van der Waals surface area contributed by atoms with Crippen LogP contribution in [0.5, 0.6) is 11.5 Å². The number of methoxy groups -OCH3 is 2. The molecule has 10 aromatic rings. The maximum Gasteiger partial charge on any atom is 0.498 e. The van der Waals surface area contributed by atoms with Gasteiger partial charge in [0, 0.05) is 100 Å². The first kappa shape index (κ1) is 68.5. The van der Waals surface area contributed by atoms with Crippen LogP contribution >= 0.6 is 43.5 Å². The number of nitrogens with zero attached hydrogens (tertiary/aromatic N) is 18. The predicted molar refractivity (Wildman–Crippen MR) is 349 cm³/mol.